The number of hydrogen-bond acceptors (Lipinski definition) is 7. The highest BCUT2D eigenvalue weighted by atomic mass is 31.2. The normalized spacial score (nSPS) is 14.9. The zero-order valence-corrected chi connectivity index (χ0v) is 29.9. The van der Waals surface area contributed by atoms with Crippen molar-refractivity contribution >= 4 is 13.8 Å². The highest BCUT2D eigenvalue weighted by Gasteiger charge is 2.20. The number of rotatable bonds is 30. The maximum Gasteiger partial charge on any atom is 0.306 e. The van der Waals surface area contributed by atoms with E-state index in [9.17, 15) is 14.3 Å². The van der Waals surface area contributed by atoms with Crippen LogP contribution >= 0.6 is 7.82 Å². The second-order valence-electron chi connectivity index (χ2n) is 12.1. The maximum absolute atomic E-state index is 12.5. The van der Waals surface area contributed by atoms with Gasteiger partial charge < -0.3 is 27.9 Å². The Hall–Kier alpha value is -1.80. The summed E-state index contributed by atoms with van der Waals surface area (Å²) in [6, 6.07) is 0. The van der Waals surface area contributed by atoms with E-state index in [-0.39, 0.29) is 26.2 Å². The van der Waals surface area contributed by atoms with Gasteiger partial charge in [-0.2, -0.15) is 0 Å². The molecule has 0 aromatic carbocycles. The number of nitrogens with zero attached hydrogens (tertiary/aromatic N) is 1. The van der Waals surface area contributed by atoms with E-state index in [4.69, 9.17) is 18.5 Å². The van der Waals surface area contributed by atoms with Crippen molar-refractivity contribution in [2.24, 2.45) is 0 Å². The van der Waals surface area contributed by atoms with Gasteiger partial charge in [-0.05, 0) is 51.4 Å². The molecule has 8 nitrogen and oxygen atoms in total. The van der Waals surface area contributed by atoms with E-state index in [1.54, 1.807) is 0 Å². The van der Waals surface area contributed by atoms with Crippen molar-refractivity contribution in [3.8, 4) is 0 Å². The number of ether oxygens (including phenoxy) is 2. The molecule has 0 spiro atoms. The van der Waals surface area contributed by atoms with E-state index in [1.807, 2.05) is 21.1 Å². The van der Waals surface area contributed by atoms with Gasteiger partial charge in [-0.25, -0.2) is 0 Å². The fourth-order valence-corrected chi connectivity index (χ4v) is 4.66. The van der Waals surface area contributed by atoms with E-state index in [2.05, 4.69) is 74.6 Å². The molecule has 45 heavy (non-hydrogen) atoms. The van der Waals surface area contributed by atoms with Crippen LogP contribution in [0.15, 0.2) is 60.8 Å². The molecule has 0 saturated heterocycles. The number of hydrogen-bond donors (Lipinski definition) is 0. The van der Waals surface area contributed by atoms with Gasteiger partial charge in [-0.3, -0.25) is 9.36 Å². The molecule has 2 atom stereocenters. The third-order valence-corrected chi connectivity index (χ3v) is 7.55. The molecule has 0 aromatic heterocycles. The number of esters is 1. The number of carbonyl (C=O) groups is 1. The minimum absolute atomic E-state index is 0.0130. The van der Waals surface area contributed by atoms with Crippen LogP contribution in [-0.4, -0.2) is 70.7 Å². The molecule has 0 aromatic rings. The highest BCUT2D eigenvalue weighted by Crippen LogP contribution is 2.38. The first-order valence-electron chi connectivity index (χ1n) is 17.0. The number of likely N-dealkylation sites (N-methyl/N-ethyl adjacent to an activating group) is 1. The van der Waals surface area contributed by atoms with Crippen molar-refractivity contribution in [3.05, 3.63) is 60.8 Å². The summed E-state index contributed by atoms with van der Waals surface area (Å²) in [7, 11) is 1.31. The topological polar surface area (TPSA) is 94.1 Å². The van der Waals surface area contributed by atoms with Gasteiger partial charge in [-0.1, -0.05) is 107 Å². The van der Waals surface area contributed by atoms with Crippen molar-refractivity contribution < 1.29 is 37.3 Å². The lowest BCUT2D eigenvalue weighted by Gasteiger charge is -2.28. The number of allylic oxidation sites excluding steroid dienone is 10. The molecule has 0 N–H and O–H groups in total. The Morgan fingerprint density at radius 1 is 0.711 bits per heavy atom. The standard InChI is InChI=1S/C36H64NO7P/c1-6-8-10-12-14-15-16-17-18-19-20-21-22-23-24-25-27-29-36(38)44-35(33-41-31-28-26-13-11-9-7-2)34-43-45(39,40)42-32-30-37(3,4)5/h8,10,14-15,17-18,20-21,23-24,35H,6-7,9,11-13,16,19,22,25-34H2,1-5H3/b10-8-,15-14-,18-17-,21-20-,24-23-. The Morgan fingerprint density at radius 3 is 1.84 bits per heavy atom. The van der Waals surface area contributed by atoms with Gasteiger partial charge in [0.15, 0.2) is 0 Å². The van der Waals surface area contributed by atoms with E-state index < -0.39 is 19.9 Å². The quantitative estimate of drug-likeness (QED) is 0.0253. The molecule has 2 unspecified atom stereocenters. The zero-order chi connectivity index (χ0) is 33.5. The van der Waals surface area contributed by atoms with Gasteiger partial charge in [0, 0.05) is 13.0 Å². The molecular weight excluding hydrogens is 589 g/mol. The van der Waals surface area contributed by atoms with Gasteiger partial charge in [0.25, 0.3) is 7.82 Å². The van der Waals surface area contributed by atoms with E-state index in [1.165, 1.54) is 25.7 Å². The average Bonchev–Trinajstić information content (AvgIpc) is 2.98. The smallest absolute Gasteiger partial charge is 0.306 e. The molecule has 0 aliphatic heterocycles. The van der Waals surface area contributed by atoms with Crippen LogP contribution in [-0.2, 0) is 27.9 Å². The van der Waals surface area contributed by atoms with Crippen LogP contribution < -0.4 is 4.89 Å². The fraction of sp³-hybridized carbons (Fsp3) is 0.694. The fourth-order valence-electron chi connectivity index (χ4n) is 3.93. The second-order valence-corrected chi connectivity index (χ2v) is 13.6. The highest BCUT2D eigenvalue weighted by molar-refractivity contribution is 7.45. The van der Waals surface area contributed by atoms with E-state index >= 15 is 0 Å². The van der Waals surface area contributed by atoms with Gasteiger partial charge >= 0.3 is 5.97 Å². The number of phosphoric acid groups is 1. The molecule has 0 radical (unpaired) electrons. The Morgan fingerprint density at radius 2 is 1.27 bits per heavy atom. The largest absolute Gasteiger partial charge is 0.756 e. The molecule has 0 bridgehead atoms. The minimum atomic E-state index is -4.52. The SMILES string of the molecule is CC/C=C\C/C=C\C/C=C\C/C=C\C/C=C\CCCC(=O)OC(COCCCCCCCC)COP(=O)([O-])OCC[N+](C)(C)C. The zero-order valence-electron chi connectivity index (χ0n) is 29.0. The first kappa shape index (κ1) is 43.2. The predicted molar refractivity (Wildman–Crippen MR) is 185 cm³/mol. The minimum Gasteiger partial charge on any atom is -0.756 e. The predicted octanol–water partition coefficient (Wildman–Crippen LogP) is 8.40. The Bertz CT molecular complexity index is 906. The van der Waals surface area contributed by atoms with Gasteiger partial charge in [0.2, 0.25) is 0 Å². The third-order valence-electron chi connectivity index (χ3n) is 6.58. The molecule has 260 valence electrons. The molecular formula is C36H64NO7P. The van der Waals surface area contributed by atoms with Crippen LogP contribution in [0.3, 0.4) is 0 Å². The Balaban J connectivity index is 4.40. The van der Waals surface area contributed by atoms with Crippen LogP contribution in [0.25, 0.3) is 0 Å². The molecule has 0 amide bonds. The molecule has 0 rings (SSSR count). The molecule has 0 heterocycles. The van der Waals surface area contributed by atoms with Crippen molar-refractivity contribution in [2.45, 2.75) is 110 Å². The van der Waals surface area contributed by atoms with Crippen LogP contribution in [0.4, 0.5) is 0 Å². The summed E-state index contributed by atoms with van der Waals surface area (Å²) >= 11 is 0. The van der Waals surface area contributed by atoms with Crippen LogP contribution in [0, 0.1) is 0 Å². The molecule has 0 aliphatic carbocycles. The molecule has 9 heteroatoms. The maximum atomic E-state index is 12.5. The number of unbranched alkanes of at least 4 members (excludes halogenated alkanes) is 6. The van der Waals surface area contributed by atoms with Gasteiger partial charge in [0.1, 0.15) is 19.3 Å². The Labute approximate surface area is 275 Å². The van der Waals surface area contributed by atoms with E-state index in [0.29, 0.717) is 24.1 Å². The lowest BCUT2D eigenvalue weighted by molar-refractivity contribution is -0.870. The summed E-state index contributed by atoms with van der Waals surface area (Å²) in [5, 5.41) is 0. The summed E-state index contributed by atoms with van der Waals surface area (Å²) in [6.45, 7) is 5.12. The second kappa shape index (κ2) is 29.6. The van der Waals surface area contributed by atoms with Crippen LogP contribution in [0.5, 0.6) is 0 Å². The number of quaternary nitrogens is 1. The average molecular weight is 654 g/mol. The molecule has 0 fully saturated rings. The summed E-state index contributed by atoms with van der Waals surface area (Å²) < 4.78 is 34.1. The van der Waals surface area contributed by atoms with Crippen molar-refractivity contribution in [1.29, 1.82) is 0 Å². The summed E-state index contributed by atoms with van der Waals surface area (Å²) in [5.41, 5.74) is 0. The number of phosphoric ester groups is 1. The lowest BCUT2D eigenvalue weighted by atomic mass is 10.1. The van der Waals surface area contributed by atoms with E-state index in [0.717, 1.165) is 51.4 Å². The van der Waals surface area contributed by atoms with Crippen molar-refractivity contribution in [1.82, 2.24) is 0 Å². The summed E-state index contributed by atoms with van der Waals surface area (Å²) in [4.78, 5) is 24.7. The molecule has 0 aliphatic rings. The van der Waals surface area contributed by atoms with Crippen molar-refractivity contribution in [2.75, 3.05) is 54.1 Å². The summed E-state index contributed by atoms with van der Waals surface area (Å²) in [6.07, 6.45) is 34.0. The molecule has 0 saturated carbocycles. The van der Waals surface area contributed by atoms with Gasteiger partial charge in [0.05, 0.1) is 34.4 Å². The van der Waals surface area contributed by atoms with Gasteiger partial charge in [-0.15, -0.1) is 0 Å². The third kappa shape index (κ3) is 33.4. The van der Waals surface area contributed by atoms with Crippen LogP contribution in [0.1, 0.15) is 104 Å². The van der Waals surface area contributed by atoms with Crippen LogP contribution in [0.2, 0.25) is 0 Å². The Kier molecular flexibility index (Phi) is 28.4. The summed E-state index contributed by atoms with van der Waals surface area (Å²) in [5.74, 6) is -0.397. The lowest BCUT2D eigenvalue weighted by Crippen LogP contribution is -2.37. The van der Waals surface area contributed by atoms with Crippen molar-refractivity contribution in [3.63, 3.8) is 0 Å². The first-order valence-corrected chi connectivity index (χ1v) is 18.5. The monoisotopic (exact) mass is 653 g/mol. The first-order chi connectivity index (χ1) is 21.6. The number of carbonyl (C=O) groups excluding carboxylic acids is 1.